The molecule has 0 aliphatic heterocycles. The van der Waals surface area contributed by atoms with Crippen molar-refractivity contribution in [1.29, 1.82) is 5.26 Å². The molecule has 0 radical (unpaired) electrons. The maximum Gasteiger partial charge on any atom is 0.186 e. The maximum absolute atomic E-state index is 9.20. The molecule has 0 bridgehead atoms. The molecule has 0 aromatic rings. The fourth-order valence-electron chi connectivity index (χ4n) is 1.47. The monoisotopic (exact) mass is 211 g/mol. The summed E-state index contributed by atoms with van der Waals surface area (Å²) in [5.74, 6) is 0. The van der Waals surface area contributed by atoms with Crippen molar-refractivity contribution in [2.24, 2.45) is 0 Å². The zero-order valence-electron chi connectivity index (χ0n) is 9.92. The number of rotatable bonds is 5. The Balaban J connectivity index is 4.78. The highest BCUT2D eigenvalue weighted by Gasteiger charge is 2.32. The van der Waals surface area contributed by atoms with Crippen molar-refractivity contribution in [3.8, 4) is 6.07 Å². The van der Waals surface area contributed by atoms with Gasteiger partial charge in [0.15, 0.2) is 13.9 Å². The predicted molar refractivity (Wildman–Crippen MR) is 62.5 cm³/mol. The van der Waals surface area contributed by atoms with Gasteiger partial charge >= 0.3 is 0 Å². The van der Waals surface area contributed by atoms with Gasteiger partial charge < -0.3 is 4.43 Å². The Morgan fingerprint density at radius 3 is 2.29 bits per heavy atom. The second kappa shape index (κ2) is 5.33. The van der Waals surface area contributed by atoms with Crippen molar-refractivity contribution >= 4 is 8.32 Å². The highest BCUT2D eigenvalue weighted by atomic mass is 28.4. The minimum absolute atomic E-state index is 0.687. The SMILES string of the molecule is C/C=C/C(C#N)(CCC)O[Si](C)(C)C. The zero-order chi connectivity index (χ0) is 11.2. The quantitative estimate of drug-likeness (QED) is 0.515. The van der Waals surface area contributed by atoms with Gasteiger partial charge in [0.05, 0.1) is 0 Å². The Morgan fingerprint density at radius 2 is 2.00 bits per heavy atom. The molecule has 14 heavy (non-hydrogen) atoms. The molecule has 0 spiro atoms. The fourth-order valence-corrected chi connectivity index (χ4v) is 2.78. The average Bonchev–Trinajstić information content (AvgIpc) is 2.02. The van der Waals surface area contributed by atoms with Crippen LogP contribution in [0.5, 0.6) is 0 Å². The van der Waals surface area contributed by atoms with Gasteiger partial charge in [0.2, 0.25) is 0 Å². The molecule has 0 aliphatic carbocycles. The van der Waals surface area contributed by atoms with E-state index in [1.54, 1.807) is 0 Å². The standard InChI is InChI=1S/C11H21NOSi/c1-6-8-11(10-12,9-7-2)13-14(3,4)5/h6,8H,7,9H2,1-5H3/b8-6+. The third-order valence-corrected chi connectivity index (χ3v) is 2.71. The highest BCUT2D eigenvalue weighted by molar-refractivity contribution is 6.69. The summed E-state index contributed by atoms with van der Waals surface area (Å²) >= 11 is 0. The first kappa shape index (κ1) is 13.4. The molecule has 1 atom stereocenters. The molecular formula is C11H21NOSi. The third-order valence-electron chi connectivity index (χ3n) is 1.73. The number of nitriles is 1. The Kier molecular flexibility index (Phi) is 5.10. The molecule has 80 valence electrons. The van der Waals surface area contributed by atoms with Crippen LogP contribution >= 0.6 is 0 Å². The molecular weight excluding hydrogens is 190 g/mol. The average molecular weight is 211 g/mol. The molecule has 0 heterocycles. The summed E-state index contributed by atoms with van der Waals surface area (Å²) in [4.78, 5) is 0. The van der Waals surface area contributed by atoms with Gasteiger partial charge in [0, 0.05) is 0 Å². The molecule has 2 nitrogen and oxygen atoms in total. The molecule has 0 saturated heterocycles. The van der Waals surface area contributed by atoms with Crippen LogP contribution in [-0.2, 0) is 4.43 Å². The first-order chi connectivity index (χ1) is 6.39. The molecule has 3 heteroatoms. The first-order valence-electron chi connectivity index (χ1n) is 5.14. The van der Waals surface area contributed by atoms with Gasteiger partial charge in [0.1, 0.15) is 6.07 Å². The van der Waals surface area contributed by atoms with Crippen LogP contribution in [0.25, 0.3) is 0 Å². The lowest BCUT2D eigenvalue weighted by molar-refractivity contribution is 0.159. The zero-order valence-corrected chi connectivity index (χ0v) is 10.9. The van der Waals surface area contributed by atoms with Gasteiger partial charge in [-0.15, -0.1) is 0 Å². The van der Waals surface area contributed by atoms with Crippen LogP contribution in [-0.4, -0.2) is 13.9 Å². The smallest absolute Gasteiger partial charge is 0.186 e. The summed E-state index contributed by atoms with van der Waals surface area (Å²) in [5.41, 5.74) is -0.687. The van der Waals surface area contributed by atoms with E-state index in [1.807, 2.05) is 19.1 Å². The topological polar surface area (TPSA) is 33.0 Å². The van der Waals surface area contributed by atoms with Crippen LogP contribution in [0.4, 0.5) is 0 Å². The van der Waals surface area contributed by atoms with E-state index in [9.17, 15) is 5.26 Å². The van der Waals surface area contributed by atoms with E-state index >= 15 is 0 Å². The van der Waals surface area contributed by atoms with Gasteiger partial charge in [-0.2, -0.15) is 5.26 Å². The van der Waals surface area contributed by atoms with E-state index in [1.165, 1.54) is 0 Å². The molecule has 1 unspecified atom stereocenters. The summed E-state index contributed by atoms with van der Waals surface area (Å²) in [5, 5.41) is 9.20. The normalized spacial score (nSPS) is 16.6. The van der Waals surface area contributed by atoms with Crippen LogP contribution in [0.1, 0.15) is 26.7 Å². The summed E-state index contributed by atoms with van der Waals surface area (Å²) in [6.07, 6.45) is 5.52. The number of allylic oxidation sites excluding steroid dienone is 1. The van der Waals surface area contributed by atoms with Crippen LogP contribution < -0.4 is 0 Å². The van der Waals surface area contributed by atoms with Crippen molar-refractivity contribution in [3.05, 3.63) is 12.2 Å². The lowest BCUT2D eigenvalue weighted by Gasteiger charge is -2.31. The van der Waals surface area contributed by atoms with Crippen LogP contribution in [0.2, 0.25) is 19.6 Å². The Bertz CT molecular complexity index is 237. The molecule has 0 aromatic heterocycles. The van der Waals surface area contributed by atoms with E-state index in [4.69, 9.17) is 4.43 Å². The molecule has 0 aliphatic rings. The van der Waals surface area contributed by atoms with E-state index < -0.39 is 13.9 Å². The van der Waals surface area contributed by atoms with E-state index in [2.05, 4.69) is 32.6 Å². The Labute approximate surface area is 88.7 Å². The van der Waals surface area contributed by atoms with Gasteiger partial charge in [-0.05, 0) is 39.1 Å². The Morgan fingerprint density at radius 1 is 1.43 bits per heavy atom. The minimum Gasteiger partial charge on any atom is -0.397 e. The molecule has 0 fully saturated rings. The largest absolute Gasteiger partial charge is 0.397 e. The van der Waals surface area contributed by atoms with Crippen molar-refractivity contribution < 1.29 is 4.43 Å². The van der Waals surface area contributed by atoms with Crippen LogP contribution in [0.15, 0.2) is 12.2 Å². The second-order valence-electron chi connectivity index (χ2n) is 4.47. The van der Waals surface area contributed by atoms with Crippen molar-refractivity contribution in [2.45, 2.75) is 51.9 Å². The minimum atomic E-state index is -1.66. The fraction of sp³-hybridized carbons (Fsp3) is 0.727. The highest BCUT2D eigenvalue weighted by Crippen LogP contribution is 2.24. The molecule has 0 saturated carbocycles. The predicted octanol–water partition coefficient (Wildman–Crippen LogP) is 3.48. The second-order valence-corrected chi connectivity index (χ2v) is 8.89. The Hall–Kier alpha value is -0.593. The van der Waals surface area contributed by atoms with Gasteiger partial charge in [0.25, 0.3) is 0 Å². The summed E-state index contributed by atoms with van der Waals surface area (Å²) in [7, 11) is -1.66. The number of nitrogens with zero attached hydrogens (tertiary/aromatic N) is 1. The number of hydrogen-bond acceptors (Lipinski definition) is 2. The van der Waals surface area contributed by atoms with Crippen molar-refractivity contribution in [3.63, 3.8) is 0 Å². The lowest BCUT2D eigenvalue weighted by atomic mass is 10.00. The van der Waals surface area contributed by atoms with Crippen LogP contribution in [0, 0.1) is 11.3 Å². The molecule has 0 rings (SSSR count). The lowest BCUT2D eigenvalue weighted by Crippen LogP contribution is -2.40. The van der Waals surface area contributed by atoms with Gasteiger partial charge in [-0.1, -0.05) is 19.4 Å². The van der Waals surface area contributed by atoms with Gasteiger partial charge in [-0.3, -0.25) is 0 Å². The third kappa shape index (κ3) is 4.59. The van der Waals surface area contributed by atoms with Crippen molar-refractivity contribution in [2.75, 3.05) is 0 Å². The van der Waals surface area contributed by atoms with Gasteiger partial charge in [-0.25, -0.2) is 0 Å². The van der Waals surface area contributed by atoms with Crippen molar-refractivity contribution in [1.82, 2.24) is 0 Å². The van der Waals surface area contributed by atoms with E-state index in [0.29, 0.717) is 0 Å². The summed E-state index contributed by atoms with van der Waals surface area (Å²) < 4.78 is 5.95. The van der Waals surface area contributed by atoms with Crippen LogP contribution in [0.3, 0.4) is 0 Å². The molecule has 0 N–H and O–H groups in total. The molecule has 0 amide bonds. The summed E-state index contributed by atoms with van der Waals surface area (Å²) in [6.45, 7) is 10.3. The molecule has 0 aromatic carbocycles. The number of hydrogen-bond donors (Lipinski definition) is 0. The first-order valence-corrected chi connectivity index (χ1v) is 8.55. The summed E-state index contributed by atoms with van der Waals surface area (Å²) in [6, 6.07) is 2.30. The van der Waals surface area contributed by atoms with E-state index in [0.717, 1.165) is 12.8 Å². The van der Waals surface area contributed by atoms with E-state index in [-0.39, 0.29) is 0 Å². The maximum atomic E-state index is 9.20.